The van der Waals surface area contributed by atoms with Gasteiger partial charge in [-0.1, -0.05) is 12.1 Å². The molecule has 1 aliphatic heterocycles. The van der Waals surface area contributed by atoms with E-state index in [1.54, 1.807) is 0 Å². The molecule has 1 aromatic rings. The number of nitrogens with two attached hydrogens (primary N) is 1. The van der Waals surface area contributed by atoms with Crippen LogP contribution < -0.4 is 10.5 Å². The van der Waals surface area contributed by atoms with E-state index in [0.29, 0.717) is 6.61 Å². The summed E-state index contributed by atoms with van der Waals surface area (Å²) in [4.78, 5) is 0. The fourth-order valence-electron chi connectivity index (χ4n) is 2.16. The van der Waals surface area contributed by atoms with Crippen LogP contribution in [0.1, 0.15) is 25.3 Å². The second-order valence-corrected chi connectivity index (χ2v) is 5.72. The van der Waals surface area contributed by atoms with E-state index in [4.69, 9.17) is 15.2 Å². The highest BCUT2D eigenvalue weighted by atomic mass is 79.9. The van der Waals surface area contributed by atoms with Crippen LogP contribution in [0.2, 0.25) is 0 Å². The summed E-state index contributed by atoms with van der Waals surface area (Å²) in [6.07, 6.45) is 3.10. The van der Waals surface area contributed by atoms with Gasteiger partial charge >= 0.3 is 0 Å². The first-order valence-electron chi connectivity index (χ1n) is 6.44. The van der Waals surface area contributed by atoms with Crippen LogP contribution in [0.3, 0.4) is 0 Å². The number of hydrogen-bond donors (Lipinski definition) is 1. The lowest BCUT2D eigenvalue weighted by molar-refractivity contribution is 0.00670. The fourth-order valence-corrected chi connectivity index (χ4v) is 2.66. The Morgan fingerprint density at radius 1 is 1.56 bits per heavy atom. The van der Waals surface area contributed by atoms with Crippen LogP contribution in [0.4, 0.5) is 0 Å². The molecule has 0 bridgehead atoms. The van der Waals surface area contributed by atoms with Gasteiger partial charge in [0, 0.05) is 12.6 Å². The average Bonchev–Trinajstić information content (AvgIpc) is 2.34. The van der Waals surface area contributed by atoms with Crippen LogP contribution in [0.25, 0.3) is 0 Å². The summed E-state index contributed by atoms with van der Waals surface area (Å²) >= 11 is 3.56. The predicted octanol–water partition coefficient (Wildman–Crippen LogP) is 2.90. The summed E-state index contributed by atoms with van der Waals surface area (Å²) in [6, 6.07) is 6.23. The average molecular weight is 314 g/mol. The van der Waals surface area contributed by atoms with E-state index in [0.717, 1.165) is 41.7 Å². The van der Waals surface area contributed by atoms with Gasteiger partial charge in [-0.25, -0.2) is 0 Å². The molecule has 1 aromatic carbocycles. The molecule has 0 amide bonds. The molecular weight excluding hydrogens is 294 g/mol. The van der Waals surface area contributed by atoms with Crippen molar-refractivity contribution in [1.29, 1.82) is 0 Å². The van der Waals surface area contributed by atoms with Gasteiger partial charge in [0.05, 0.1) is 11.1 Å². The van der Waals surface area contributed by atoms with Gasteiger partial charge in [-0.15, -0.1) is 0 Å². The zero-order chi connectivity index (χ0) is 13.0. The molecule has 1 fully saturated rings. The van der Waals surface area contributed by atoms with Gasteiger partial charge in [0.25, 0.3) is 0 Å². The van der Waals surface area contributed by atoms with Crippen molar-refractivity contribution >= 4 is 15.9 Å². The van der Waals surface area contributed by atoms with E-state index < -0.39 is 0 Å². The highest BCUT2D eigenvalue weighted by Gasteiger charge is 2.18. The van der Waals surface area contributed by atoms with Gasteiger partial charge in [0.2, 0.25) is 0 Å². The van der Waals surface area contributed by atoms with E-state index in [2.05, 4.69) is 22.0 Å². The van der Waals surface area contributed by atoms with Gasteiger partial charge in [-0.2, -0.15) is 0 Å². The van der Waals surface area contributed by atoms with E-state index >= 15 is 0 Å². The van der Waals surface area contributed by atoms with Gasteiger partial charge in [-0.05, 0) is 53.7 Å². The summed E-state index contributed by atoms with van der Waals surface area (Å²) in [6.45, 7) is 3.54. The fraction of sp³-hybridized carbons (Fsp3) is 0.571. The number of hydrogen-bond acceptors (Lipinski definition) is 3. The van der Waals surface area contributed by atoms with E-state index in [1.807, 2.05) is 19.1 Å². The van der Waals surface area contributed by atoms with Crippen molar-refractivity contribution in [3.05, 3.63) is 28.2 Å². The zero-order valence-electron chi connectivity index (χ0n) is 10.7. The van der Waals surface area contributed by atoms with Crippen molar-refractivity contribution in [2.75, 3.05) is 13.2 Å². The van der Waals surface area contributed by atoms with Gasteiger partial charge in [-0.3, -0.25) is 0 Å². The lowest BCUT2D eigenvalue weighted by atomic mass is 10.1. The summed E-state index contributed by atoms with van der Waals surface area (Å²) in [7, 11) is 0. The number of halogens is 1. The number of para-hydroxylation sites is 1. The molecule has 2 rings (SSSR count). The molecule has 1 saturated heterocycles. The zero-order valence-corrected chi connectivity index (χ0v) is 12.3. The summed E-state index contributed by atoms with van der Waals surface area (Å²) in [5.41, 5.74) is 7.04. The molecule has 2 N–H and O–H groups in total. The largest absolute Gasteiger partial charge is 0.487 e. The monoisotopic (exact) mass is 313 g/mol. The molecule has 100 valence electrons. The third-order valence-electron chi connectivity index (χ3n) is 2.99. The van der Waals surface area contributed by atoms with Gasteiger partial charge in [0.1, 0.15) is 11.9 Å². The Balaban J connectivity index is 2.13. The molecule has 0 saturated carbocycles. The molecule has 2 unspecified atom stereocenters. The summed E-state index contributed by atoms with van der Waals surface area (Å²) < 4.78 is 12.5. The topological polar surface area (TPSA) is 44.5 Å². The Labute approximate surface area is 117 Å². The highest BCUT2D eigenvalue weighted by molar-refractivity contribution is 9.10. The van der Waals surface area contributed by atoms with Crippen LogP contribution in [0.15, 0.2) is 22.7 Å². The normalized spacial score (nSPS) is 21.6. The van der Waals surface area contributed by atoms with Crippen molar-refractivity contribution in [2.24, 2.45) is 5.73 Å². The Hall–Kier alpha value is -0.580. The molecule has 3 nitrogen and oxygen atoms in total. The maximum absolute atomic E-state index is 6.09. The Bertz CT molecular complexity index is 389. The molecule has 0 spiro atoms. The molecular formula is C14H20BrNO2. The summed E-state index contributed by atoms with van der Waals surface area (Å²) in [5.74, 6) is 0.922. The van der Waals surface area contributed by atoms with Crippen LogP contribution in [0.5, 0.6) is 5.75 Å². The van der Waals surface area contributed by atoms with Crippen LogP contribution in [-0.4, -0.2) is 25.4 Å². The van der Waals surface area contributed by atoms with Crippen molar-refractivity contribution < 1.29 is 9.47 Å². The van der Waals surface area contributed by atoms with E-state index in [-0.39, 0.29) is 12.1 Å². The van der Waals surface area contributed by atoms with Crippen LogP contribution >= 0.6 is 15.9 Å². The smallest absolute Gasteiger partial charge is 0.137 e. The molecule has 1 aliphatic rings. The van der Waals surface area contributed by atoms with Crippen LogP contribution in [-0.2, 0) is 11.2 Å². The van der Waals surface area contributed by atoms with Crippen molar-refractivity contribution in [2.45, 2.75) is 38.3 Å². The lowest BCUT2D eigenvalue weighted by Gasteiger charge is -2.25. The first-order valence-corrected chi connectivity index (χ1v) is 7.23. The Kier molecular flexibility index (Phi) is 5.03. The van der Waals surface area contributed by atoms with Crippen LogP contribution in [0, 0.1) is 0 Å². The quantitative estimate of drug-likeness (QED) is 0.929. The second kappa shape index (κ2) is 6.55. The minimum atomic E-state index is 0.129. The molecule has 18 heavy (non-hydrogen) atoms. The highest BCUT2D eigenvalue weighted by Crippen LogP contribution is 2.31. The molecule has 2 atom stereocenters. The molecule has 0 radical (unpaired) electrons. The summed E-state index contributed by atoms with van der Waals surface area (Å²) in [5, 5.41) is 0. The standard InChI is InChI=1S/C14H20BrNO2/c1-10(16)8-11-4-2-6-13(15)14(11)18-12-5-3-7-17-9-12/h2,4,6,10,12H,3,5,7-9,16H2,1H3. The third kappa shape index (κ3) is 3.70. The Morgan fingerprint density at radius 2 is 2.39 bits per heavy atom. The first-order chi connectivity index (χ1) is 8.66. The SMILES string of the molecule is CC(N)Cc1cccc(Br)c1OC1CCCOC1. The maximum atomic E-state index is 6.09. The number of ether oxygens (including phenoxy) is 2. The van der Waals surface area contributed by atoms with Crippen molar-refractivity contribution in [3.63, 3.8) is 0 Å². The number of rotatable bonds is 4. The van der Waals surface area contributed by atoms with Gasteiger partial charge in [0.15, 0.2) is 0 Å². The molecule has 0 aliphatic carbocycles. The molecule has 0 aromatic heterocycles. The Morgan fingerprint density at radius 3 is 3.06 bits per heavy atom. The second-order valence-electron chi connectivity index (χ2n) is 4.87. The first kappa shape index (κ1) is 13.8. The lowest BCUT2D eigenvalue weighted by Crippen LogP contribution is -2.29. The van der Waals surface area contributed by atoms with Crippen molar-refractivity contribution in [1.82, 2.24) is 0 Å². The third-order valence-corrected chi connectivity index (χ3v) is 3.62. The molecule has 4 heteroatoms. The minimum Gasteiger partial charge on any atom is -0.487 e. The van der Waals surface area contributed by atoms with Crippen molar-refractivity contribution in [3.8, 4) is 5.75 Å². The number of benzene rings is 1. The van der Waals surface area contributed by atoms with E-state index in [1.165, 1.54) is 0 Å². The minimum absolute atomic E-state index is 0.129. The van der Waals surface area contributed by atoms with E-state index in [9.17, 15) is 0 Å². The van der Waals surface area contributed by atoms with Gasteiger partial charge < -0.3 is 15.2 Å². The predicted molar refractivity (Wildman–Crippen MR) is 76.0 cm³/mol. The molecule has 1 heterocycles. The maximum Gasteiger partial charge on any atom is 0.137 e.